The predicted molar refractivity (Wildman–Crippen MR) is 81.6 cm³/mol. The molecular weight excluding hydrogens is 338 g/mol. The van der Waals surface area contributed by atoms with Crippen molar-refractivity contribution in [2.75, 3.05) is 4.72 Å². The van der Waals surface area contributed by atoms with E-state index < -0.39 is 15.8 Å². The quantitative estimate of drug-likeness (QED) is 0.889. The summed E-state index contributed by atoms with van der Waals surface area (Å²) in [4.78, 5) is -0.0416. The smallest absolute Gasteiger partial charge is 0.261 e. The minimum absolute atomic E-state index is 0.0416. The van der Waals surface area contributed by atoms with Crippen LogP contribution >= 0.6 is 23.2 Å². The Morgan fingerprint density at radius 1 is 1.10 bits per heavy atom. The molecule has 0 unspecified atom stereocenters. The number of rotatable bonds is 4. The second-order valence-electron chi connectivity index (χ2n) is 4.19. The summed E-state index contributed by atoms with van der Waals surface area (Å²) in [7, 11) is -3.88. The van der Waals surface area contributed by atoms with Crippen molar-refractivity contribution >= 4 is 38.9 Å². The Morgan fingerprint density at radius 3 is 2.38 bits per heavy atom. The van der Waals surface area contributed by atoms with Gasteiger partial charge in [0.2, 0.25) is 0 Å². The van der Waals surface area contributed by atoms with Crippen LogP contribution in [0.25, 0.3) is 0 Å². The Kier molecular flexibility index (Phi) is 4.73. The van der Waals surface area contributed by atoms with Crippen molar-refractivity contribution in [2.45, 2.75) is 11.4 Å². The molecule has 0 spiro atoms. The maximum absolute atomic E-state index is 13.3. The molecule has 0 heterocycles. The third-order valence-corrected chi connectivity index (χ3v) is 4.76. The van der Waals surface area contributed by atoms with Crippen LogP contribution in [0.3, 0.4) is 0 Å². The van der Waals surface area contributed by atoms with Gasteiger partial charge in [-0.1, -0.05) is 29.3 Å². The van der Waals surface area contributed by atoms with E-state index in [1.165, 1.54) is 30.3 Å². The molecule has 2 rings (SSSR count). The Hall–Kier alpha value is -1.34. The normalized spacial score (nSPS) is 11.4. The second-order valence-corrected chi connectivity index (χ2v) is 6.69. The summed E-state index contributed by atoms with van der Waals surface area (Å²) < 4.78 is 40.0. The molecular formula is C13H11Cl2FN2O2S. The number of halogens is 3. The van der Waals surface area contributed by atoms with Gasteiger partial charge in [0, 0.05) is 11.6 Å². The number of hydrogen-bond donors (Lipinski definition) is 2. The topological polar surface area (TPSA) is 72.2 Å². The molecule has 0 atom stereocenters. The second kappa shape index (κ2) is 6.19. The third-order valence-electron chi connectivity index (χ3n) is 2.73. The minimum atomic E-state index is -3.88. The van der Waals surface area contributed by atoms with E-state index in [1.807, 2.05) is 0 Å². The molecule has 0 bridgehead atoms. The van der Waals surface area contributed by atoms with Crippen LogP contribution < -0.4 is 10.5 Å². The van der Waals surface area contributed by atoms with E-state index in [4.69, 9.17) is 28.9 Å². The highest BCUT2D eigenvalue weighted by Crippen LogP contribution is 2.24. The molecule has 0 radical (unpaired) electrons. The first-order valence-electron chi connectivity index (χ1n) is 5.80. The fourth-order valence-corrected chi connectivity index (χ4v) is 3.15. The zero-order valence-corrected chi connectivity index (χ0v) is 12.9. The lowest BCUT2D eigenvalue weighted by Crippen LogP contribution is -2.13. The van der Waals surface area contributed by atoms with Gasteiger partial charge in [-0.15, -0.1) is 0 Å². The van der Waals surface area contributed by atoms with Crippen molar-refractivity contribution in [1.29, 1.82) is 0 Å². The largest absolute Gasteiger partial charge is 0.326 e. The van der Waals surface area contributed by atoms with Gasteiger partial charge in [0.25, 0.3) is 10.0 Å². The molecule has 0 amide bonds. The average Bonchev–Trinajstić information content (AvgIpc) is 2.42. The number of hydrogen-bond acceptors (Lipinski definition) is 3. The molecule has 2 aromatic rings. The van der Waals surface area contributed by atoms with Crippen LogP contribution in [0.4, 0.5) is 10.1 Å². The van der Waals surface area contributed by atoms with Crippen LogP contribution in [0.2, 0.25) is 10.0 Å². The Morgan fingerprint density at radius 2 is 1.81 bits per heavy atom. The molecule has 4 nitrogen and oxygen atoms in total. The Balaban J connectivity index is 2.33. The van der Waals surface area contributed by atoms with Crippen molar-refractivity contribution in [3.63, 3.8) is 0 Å². The summed E-state index contributed by atoms with van der Waals surface area (Å²) >= 11 is 11.5. The van der Waals surface area contributed by atoms with Gasteiger partial charge in [0.1, 0.15) is 5.82 Å². The van der Waals surface area contributed by atoms with Crippen LogP contribution in [0.15, 0.2) is 41.3 Å². The summed E-state index contributed by atoms with van der Waals surface area (Å²) in [6, 6.07) is 7.81. The van der Waals surface area contributed by atoms with Crippen LogP contribution in [0, 0.1) is 5.82 Å². The number of benzene rings is 2. The van der Waals surface area contributed by atoms with E-state index in [0.29, 0.717) is 5.56 Å². The summed E-state index contributed by atoms with van der Waals surface area (Å²) in [6.45, 7) is 0.203. The highest BCUT2D eigenvalue weighted by molar-refractivity contribution is 7.92. The molecule has 0 fully saturated rings. The molecule has 3 N–H and O–H groups in total. The van der Waals surface area contributed by atoms with Gasteiger partial charge in [-0.3, -0.25) is 4.72 Å². The molecule has 8 heteroatoms. The standard InChI is InChI=1S/C13H11Cl2FN2O2S/c14-11-4-2-9(5-13(11)16)18-21(19,20)10-3-1-8(7-17)12(15)6-10/h1-6,18H,7,17H2. The van der Waals surface area contributed by atoms with E-state index in [1.54, 1.807) is 0 Å². The van der Waals surface area contributed by atoms with Crippen LogP contribution in [0.5, 0.6) is 0 Å². The maximum atomic E-state index is 13.3. The fourth-order valence-electron chi connectivity index (χ4n) is 1.63. The first-order chi connectivity index (χ1) is 9.83. The summed E-state index contributed by atoms with van der Waals surface area (Å²) in [5, 5.41) is 0.163. The zero-order valence-electron chi connectivity index (χ0n) is 10.6. The lowest BCUT2D eigenvalue weighted by Gasteiger charge is -2.10. The lowest BCUT2D eigenvalue weighted by molar-refractivity contribution is 0.601. The Labute approximate surface area is 131 Å². The zero-order chi connectivity index (χ0) is 15.6. The van der Waals surface area contributed by atoms with Crippen molar-refractivity contribution in [3.05, 3.63) is 57.8 Å². The molecule has 0 aromatic heterocycles. The van der Waals surface area contributed by atoms with Crippen molar-refractivity contribution in [1.82, 2.24) is 0 Å². The highest BCUT2D eigenvalue weighted by atomic mass is 35.5. The van der Waals surface area contributed by atoms with Gasteiger partial charge in [0.05, 0.1) is 15.6 Å². The van der Waals surface area contributed by atoms with E-state index >= 15 is 0 Å². The molecule has 0 aliphatic carbocycles. The van der Waals surface area contributed by atoms with Gasteiger partial charge < -0.3 is 5.73 Å². The SMILES string of the molecule is NCc1ccc(S(=O)(=O)Nc2ccc(Cl)c(F)c2)cc1Cl. The van der Waals surface area contributed by atoms with E-state index in [9.17, 15) is 12.8 Å². The van der Waals surface area contributed by atoms with Crippen LogP contribution in [-0.4, -0.2) is 8.42 Å². The number of nitrogens with one attached hydrogen (secondary N) is 1. The van der Waals surface area contributed by atoms with E-state index in [0.717, 1.165) is 6.07 Å². The first kappa shape index (κ1) is 16.0. The molecule has 2 aromatic carbocycles. The summed E-state index contributed by atoms with van der Waals surface area (Å²) in [5.41, 5.74) is 6.16. The van der Waals surface area contributed by atoms with Gasteiger partial charge in [-0.2, -0.15) is 0 Å². The number of nitrogens with two attached hydrogens (primary N) is 1. The van der Waals surface area contributed by atoms with Gasteiger partial charge in [0.15, 0.2) is 0 Å². The molecule has 0 aliphatic heterocycles. The fraction of sp³-hybridized carbons (Fsp3) is 0.0769. The van der Waals surface area contributed by atoms with E-state index in [2.05, 4.69) is 4.72 Å². The molecule has 0 saturated heterocycles. The average molecular weight is 349 g/mol. The molecule has 0 saturated carbocycles. The molecule has 112 valence electrons. The Bertz CT molecular complexity index is 782. The maximum Gasteiger partial charge on any atom is 0.261 e. The summed E-state index contributed by atoms with van der Waals surface area (Å²) in [6.07, 6.45) is 0. The van der Waals surface area contributed by atoms with Crippen molar-refractivity contribution in [3.8, 4) is 0 Å². The lowest BCUT2D eigenvalue weighted by atomic mass is 10.2. The van der Waals surface area contributed by atoms with Crippen molar-refractivity contribution in [2.24, 2.45) is 5.73 Å². The molecule has 0 aliphatic rings. The summed E-state index contributed by atoms with van der Waals surface area (Å²) in [5.74, 6) is -0.714. The third kappa shape index (κ3) is 3.65. The van der Waals surface area contributed by atoms with Gasteiger partial charge >= 0.3 is 0 Å². The van der Waals surface area contributed by atoms with E-state index in [-0.39, 0.29) is 27.2 Å². The minimum Gasteiger partial charge on any atom is -0.326 e. The number of sulfonamides is 1. The monoisotopic (exact) mass is 348 g/mol. The first-order valence-corrected chi connectivity index (χ1v) is 8.04. The van der Waals surface area contributed by atoms with Gasteiger partial charge in [-0.05, 0) is 35.9 Å². The van der Waals surface area contributed by atoms with Crippen molar-refractivity contribution < 1.29 is 12.8 Å². The predicted octanol–water partition coefficient (Wildman–Crippen LogP) is 3.39. The van der Waals surface area contributed by atoms with Gasteiger partial charge in [-0.25, -0.2) is 12.8 Å². The molecule has 21 heavy (non-hydrogen) atoms. The number of anilines is 1. The van der Waals surface area contributed by atoms with Crippen LogP contribution in [-0.2, 0) is 16.6 Å². The van der Waals surface area contributed by atoms with Crippen LogP contribution in [0.1, 0.15) is 5.56 Å². The highest BCUT2D eigenvalue weighted by Gasteiger charge is 2.16.